The largest absolute Gasteiger partial charge is 0.328 e. The highest BCUT2D eigenvalue weighted by Gasteiger charge is 2.12. The molecule has 0 unspecified atom stereocenters. The van der Waals surface area contributed by atoms with Gasteiger partial charge in [-0.2, -0.15) is 4.68 Å². The second-order valence-electron chi connectivity index (χ2n) is 7.07. The third-order valence-corrected chi connectivity index (χ3v) is 5.18. The van der Waals surface area contributed by atoms with Gasteiger partial charge in [0.25, 0.3) is 0 Å². The van der Waals surface area contributed by atoms with E-state index in [4.69, 9.17) is 0 Å². The van der Waals surface area contributed by atoms with E-state index < -0.39 is 0 Å². The molecule has 2 heterocycles. The molecule has 0 bridgehead atoms. The van der Waals surface area contributed by atoms with E-state index in [1.807, 2.05) is 48.0 Å². The van der Waals surface area contributed by atoms with Crippen LogP contribution in [0.2, 0.25) is 0 Å². The molecule has 0 N–H and O–H groups in total. The zero-order valence-electron chi connectivity index (χ0n) is 17.0. The van der Waals surface area contributed by atoms with E-state index in [1.165, 1.54) is 0 Å². The molecule has 7 nitrogen and oxygen atoms in total. The average Bonchev–Trinajstić information content (AvgIpc) is 3.42. The van der Waals surface area contributed by atoms with Crippen LogP contribution >= 0.6 is 0 Å². The Labute approximate surface area is 174 Å². The molecule has 0 saturated heterocycles. The van der Waals surface area contributed by atoms with Gasteiger partial charge in [-0.25, -0.2) is 4.79 Å². The van der Waals surface area contributed by atoms with Gasteiger partial charge in [0.05, 0.1) is 12.2 Å². The summed E-state index contributed by atoms with van der Waals surface area (Å²) in [6.45, 7) is 7.00. The molecule has 0 atom stereocenters. The lowest BCUT2D eigenvalue weighted by Gasteiger charge is -2.10. The fourth-order valence-corrected chi connectivity index (χ4v) is 3.59. The van der Waals surface area contributed by atoms with Crippen molar-refractivity contribution >= 4 is 0 Å². The quantitative estimate of drug-likeness (QED) is 0.425. The normalized spacial score (nSPS) is 11.0. The highest BCUT2D eigenvalue weighted by molar-refractivity contribution is 5.72. The molecule has 2 aromatic carbocycles. The first-order valence-electron chi connectivity index (χ1n) is 10.0. The van der Waals surface area contributed by atoms with Crippen LogP contribution in [0.4, 0.5) is 0 Å². The minimum Gasteiger partial charge on any atom is -0.299 e. The molecule has 0 fully saturated rings. The number of rotatable bonds is 8. The molecule has 4 aromatic rings. The Morgan fingerprint density at radius 2 is 1.90 bits per heavy atom. The third-order valence-electron chi connectivity index (χ3n) is 5.18. The number of hydrogen-bond acceptors (Lipinski definition) is 4. The number of aromatic nitrogens is 6. The number of tetrazole rings is 1. The zero-order chi connectivity index (χ0) is 20.9. The maximum Gasteiger partial charge on any atom is 0.328 e. The number of aryl methyl sites for hydroxylation is 2. The first-order valence-corrected chi connectivity index (χ1v) is 10.0. The fraction of sp³-hybridized carbons (Fsp3) is 0.217. The second-order valence-corrected chi connectivity index (χ2v) is 7.07. The topological polar surface area (TPSA) is 70.5 Å². The van der Waals surface area contributed by atoms with Gasteiger partial charge in [-0.3, -0.25) is 9.13 Å². The first-order chi connectivity index (χ1) is 14.7. The Bertz CT molecular complexity index is 1190. The van der Waals surface area contributed by atoms with Gasteiger partial charge in [0.2, 0.25) is 0 Å². The molecule has 30 heavy (non-hydrogen) atoms. The standard InChI is InChI=1S/C23H24N6O/c1-3-5-8-20-16-27(4-2)23(30)28(20)15-18-11-13-19(14-12-18)21-9-6-7-10-22(21)29-17-24-25-26-29/h3,6-7,9-14,16-17H,1,4-5,8,15H2,2H3. The van der Waals surface area contributed by atoms with Crippen LogP contribution in [0.1, 0.15) is 24.6 Å². The number of benzene rings is 2. The average molecular weight is 400 g/mol. The number of hydrogen-bond donors (Lipinski definition) is 0. The molecular formula is C23H24N6O. The summed E-state index contributed by atoms with van der Waals surface area (Å²) >= 11 is 0. The van der Waals surface area contributed by atoms with E-state index in [0.29, 0.717) is 13.1 Å². The maximum atomic E-state index is 12.7. The molecule has 0 radical (unpaired) electrons. The smallest absolute Gasteiger partial charge is 0.299 e. The van der Waals surface area contributed by atoms with Crippen LogP contribution in [0.15, 0.2) is 78.5 Å². The lowest BCUT2D eigenvalue weighted by atomic mass is 10.0. The van der Waals surface area contributed by atoms with Crippen molar-refractivity contribution in [1.29, 1.82) is 0 Å². The minimum absolute atomic E-state index is 0.0321. The zero-order valence-corrected chi connectivity index (χ0v) is 17.0. The van der Waals surface area contributed by atoms with Crippen LogP contribution in [0.25, 0.3) is 16.8 Å². The molecule has 4 rings (SSSR count). The lowest BCUT2D eigenvalue weighted by molar-refractivity contribution is 0.656. The Kier molecular flexibility index (Phi) is 5.70. The highest BCUT2D eigenvalue weighted by Crippen LogP contribution is 2.26. The van der Waals surface area contributed by atoms with Gasteiger partial charge in [0.15, 0.2) is 0 Å². The van der Waals surface area contributed by atoms with Crippen molar-refractivity contribution in [3.05, 3.63) is 95.5 Å². The van der Waals surface area contributed by atoms with Crippen LogP contribution < -0.4 is 5.69 Å². The summed E-state index contributed by atoms with van der Waals surface area (Å²) in [5, 5.41) is 11.5. The monoisotopic (exact) mass is 400 g/mol. The van der Waals surface area contributed by atoms with Crippen molar-refractivity contribution in [2.45, 2.75) is 32.9 Å². The summed E-state index contributed by atoms with van der Waals surface area (Å²) in [5.74, 6) is 0. The van der Waals surface area contributed by atoms with Crippen molar-refractivity contribution in [1.82, 2.24) is 29.3 Å². The van der Waals surface area contributed by atoms with Crippen LogP contribution in [0, 0.1) is 0 Å². The first kappa shape index (κ1) is 19.6. The van der Waals surface area contributed by atoms with E-state index in [9.17, 15) is 4.79 Å². The Hall–Kier alpha value is -3.74. The Morgan fingerprint density at radius 3 is 2.60 bits per heavy atom. The van der Waals surface area contributed by atoms with E-state index in [-0.39, 0.29) is 5.69 Å². The fourth-order valence-electron chi connectivity index (χ4n) is 3.59. The van der Waals surface area contributed by atoms with Crippen molar-refractivity contribution in [2.75, 3.05) is 0 Å². The molecule has 2 aromatic heterocycles. The number of allylic oxidation sites excluding steroid dienone is 1. The van der Waals surface area contributed by atoms with Gasteiger partial charge >= 0.3 is 5.69 Å². The summed E-state index contributed by atoms with van der Waals surface area (Å²) in [5.41, 5.74) is 5.17. The predicted octanol–water partition coefficient (Wildman–Crippen LogP) is 3.48. The SMILES string of the molecule is C=CCCc1cn(CC)c(=O)n1Cc1ccc(-c2ccccc2-n2cnnn2)cc1. The maximum absolute atomic E-state index is 12.7. The lowest BCUT2D eigenvalue weighted by Crippen LogP contribution is -2.25. The van der Waals surface area contributed by atoms with E-state index >= 15 is 0 Å². The summed E-state index contributed by atoms with van der Waals surface area (Å²) in [6, 6.07) is 16.3. The van der Waals surface area contributed by atoms with Crippen molar-refractivity contribution in [2.24, 2.45) is 0 Å². The summed E-state index contributed by atoms with van der Waals surface area (Å²) in [7, 11) is 0. The second kappa shape index (κ2) is 8.73. The van der Waals surface area contributed by atoms with Gasteiger partial charge in [-0.05, 0) is 47.4 Å². The van der Waals surface area contributed by atoms with Gasteiger partial charge in [-0.1, -0.05) is 48.5 Å². The van der Waals surface area contributed by atoms with Gasteiger partial charge in [0.1, 0.15) is 6.33 Å². The van der Waals surface area contributed by atoms with Crippen LogP contribution in [-0.2, 0) is 19.5 Å². The molecule has 0 amide bonds. The molecule has 152 valence electrons. The van der Waals surface area contributed by atoms with E-state index in [2.05, 4.69) is 46.4 Å². The molecule has 0 saturated carbocycles. The Morgan fingerprint density at radius 1 is 1.10 bits per heavy atom. The molecule has 7 heteroatoms. The Balaban J connectivity index is 1.63. The molecule has 0 aliphatic carbocycles. The van der Waals surface area contributed by atoms with Gasteiger partial charge in [-0.15, -0.1) is 11.7 Å². The van der Waals surface area contributed by atoms with Crippen LogP contribution in [-0.4, -0.2) is 29.3 Å². The summed E-state index contributed by atoms with van der Waals surface area (Å²) < 4.78 is 5.27. The predicted molar refractivity (Wildman–Crippen MR) is 117 cm³/mol. The summed E-state index contributed by atoms with van der Waals surface area (Å²) in [4.78, 5) is 12.7. The van der Waals surface area contributed by atoms with Crippen LogP contribution in [0.5, 0.6) is 0 Å². The van der Waals surface area contributed by atoms with Crippen molar-refractivity contribution < 1.29 is 0 Å². The summed E-state index contributed by atoms with van der Waals surface area (Å²) in [6.07, 6.45) is 7.09. The number of para-hydroxylation sites is 1. The van der Waals surface area contributed by atoms with Gasteiger partial charge in [0, 0.05) is 24.0 Å². The number of imidazole rings is 1. The third kappa shape index (κ3) is 3.87. The van der Waals surface area contributed by atoms with Crippen LogP contribution in [0.3, 0.4) is 0 Å². The molecule has 0 aliphatic heterocycles. The molecule has 0 spiro atoms. The highest BCUT2D eigenvalue weighted by atomic mass is 16.1. The van der Waals surface area contributed by atoms with Crippen molar-refractivity contribution in [3.8, 4) is 16.8 Å². The van der Waals surface area contributed by atoms with Gasteiger partial charge < -0.3 is 0 Å². The molecular weight excluding hydrogens is 376 g/mol. The minimum atomic E-state index is 0.0321. The van der Waals surface area contributed by atoms with Crippen molar-refractivity contribution in [3.63, 3.8) is 0 Å². The molecule has 0 aliphatic rings. The number of nitrogens with zero attached hydrogens (tertiary/aromatic N) is 6. The van der Waals surface area contributed by atoms with E-state index in [1.54, 1.807) is 15.6 Å². The van der Waals surface area contributed by atoms with E-state index in [0.717, 1.165) is 40.9 Å².